The van der Waals surface area contributed by atoms with Crippen molar-refractivity contribution in [3.63, 3.8) is 0 Å². The van der Waals surface area contributed by atoms with Crippen molar-refractivity contribution in [1.82, 2.24) is 9.97 Å². The highest BCUT2D eigenvalue weighted by Gasteiger charge is 2.64. The molecule has 10 heteroatoms. The number of rotatable bonds is 6. The van der Waals surface area contributed by atoms with Crippen molar-refractivity contribution < 1.29 is 29.3 Å². The van der Waals surface area contributed by atoms with Crippen molar-refractivity contribution >= 4 is 40.8 Å². The van der Waals surface area contributed by atoms with Crippen LogP contribution in [0, 0.1) is 25.7 Å². The first-order valence-electron chi connectivity index (χ1n) is 15.3. The van der Waals surface area contributed by atoms with E-state index in [2.05, 4.69) is 30.4 Å². The number of carboxylic acids is 1. The van der Waals surface area contributed by atoms with Crippen LogP contribution in [0.25, 0.3) is 17.4 Å². The van der Waals surface area contributed by atoms with Crippen molar-refractivity contribution in [2.24, 2.45) is 21.8 Å². The summed E-state index contributed by atoms with van der Waals surface area (Å²) in [6.07, 6.45) is 6.44. The highest BCUT2D eigenvalue weighted by atomic mass is 16.6. The van der Waals surface area contributed by atoms with E-state index >= 15 is 0 Å². The van der Waals surface area contributed by atoms with Crippen LogP contribution in [-0.4, -0.2) is 56.4 Å². The maximum Gasteiger partial charge on any atom is 0.342 e. The minimum absolute atomic E-state index is 0.0192. The molecular weight excluding hydrogens is 572 g/mol. The molecule has 8 bridgehead atoms. The van der Waals surface area contributed by atoms with Crippen LogP contribution in [0.3, 0.4) is 0 Å². The normalized spacial score (nSPS) is 27.9. The van der Waals surface area contributed by atoms with Crippen molar-refractivity contribution in [2.45, 2.75) is 65.7 Å². The number of aromatic amines is 2. The number of aliphatic carboxylic acids is 1. The molecule has 0 radical (unpaired) electrons. The largest absolute Gasteiger partial charge is 0.506 e. The Kier molecular flexibility index (Phi) is 6.39. The van der Waals surface area contributed by atoms with Crippen LogP contribution < -0.4 is 10.7 Å². The summed E-state index contributed by atoms with van der Waals surface area (Å²) in [5.41, 5.74) is 8.75. The molecule has 2 unspecified atom stereocenters. The topological polar surface area (TPSA) is 153 Å². The summed E-state index contributed by atoms with van der Waals surface area (Å²) in [5, 5.41) is 22.5. The zero-order valence-corrected chi connectivity index (χ0v) is 26.2. The van der Waals surface area contributed by atoms with E-state index in [1.807, 2.05) is 39.0 Å². The van der Waals surface area contributed by atoms with Gasteiger partial charge in [-0.3, -0.25) is 9.79 Å². The van der Waals surface area contributed by atoms with Gasteiger partial charge in [0.25, 0.3) is 0 Å². The van der Waals surface area contributed by atoms with E-state index in [0.717, 1.165) is 56.7 Å². The van der Waals surface area contributed by atoms with Gasteiger partial charge in [-0.25, -0.2) is 9.79 Å². The number of hydrogen-bond donors (Lipinski definition) is 4. The molecule has 232 valence electrons. The molecule has 45 heavy (non-hydrogen) atoms. The van der Waals surface area contributed by atoms with E-state index in [1.54, 1.807) is 0 Å². The summed E-state index contributed by atoms with van der Waals surface area (Å²) in [7, 11) is 1.27. The number of allylic oxidation sites excluding steroid dienone is 3. The van der Waals surface area contributed by atoms with Crippen LogP contribution in [0.1, 0.15) is 73.4 Å². The number of fused-ring (bicyclic) bond motifs is 6. The molecule has 4 N–H and O–H groups in total. The lowest BCUT2D eigenvalue weighted by molar-refractivity contribution is -0.137. The summed E-state index contributed by atoms with van der Waals surface area (Å²) in [6.45, 7) is 14.2. The van der Waals surface area contributed by atoms with Gasteiger partial charge in [0.1, 0.15) is 11.3 Å². The minimum Gasteiger partial charge on any atom is -0.506 e. The molecule has 4 atom stereocenters. The number of nitrogens with one attached hydrogen (secondary N) is 2. The zero-order chi connectivity index (χ0) is 32.1. The van der Waals surface area contributed by atoms with E-state index in [0.29, 0.717) is 27.9 Å². The van der Waals surface area contributed by atoms with Crippen LogP contribution in [0.4, 0.5) is 0 Å². The number of aliphatic hydroxyl groups is 1. The third kappa shape index (κ3) is 3.91. The van der Waals surface area contributed by atoms with Gasteiger partial charge in [-0.2, -0.15) is 0 Å². The van der Waals surface area contributed by atoms with Crippen LogP contribution in [0.15, 0.2) is 51.1 Å². The molecule has 0 amide bonds. The van der Waals surface area contributed by atoms with E-state index < -0.39 is 17.7 Å². The molecule has 0 saturated carbocycles. The first kappa shape index (κ1) is 29.0. The Morgan fingerprint density at radius 3 is 2.62 bits per heavy atom. The van der Waals surface area contributed by atoms with Crippen LogP contribution in [0.5, 0.6) is 0 Å². The fourth-order valence-corrected chi connectivity index (χ4v) is 7.67. The Balaban J connectivity index is 1.58. The second-order valence-corrected chi connectivity index (χ2v) is 12.4. The Bertz CT molecular complexity index is 2050. The highest BCUT2D eigenvalue weighted by Crippen LogP contribution is 2.59. The number of aromatic nitrogens is 2. The minimum atomic E-state index is -0.922. The third-order valence-corrected chi connectivity index (χ3v) is 10.1. The summed E-state index contributed by atoms with van der Waals surface area (Å²) < 4.78 is 11.6. The maximum atomic E-state index is 13.2. The SMILES string of the molecule is C=CC1=C(C)C2=NC13OC3c1[nH]c(c(CC)c1C)/C=c1\[nH]c3c(c1C)C(O)=C(C(=O)OC)C=3C1=N/C(=C\2)[C@@H](C)[C@@H]1CCC(=O)O. The molecular formula is C35H36N4O6. The molecule has 1 spiro atoms. The van der Waals surface area contributed by atoms with E-state index in [-0.39, 0.29) is 42.1 Å². The summed E-state index contributed by atoms with van der Waals surface area (Å²) >= 11 is 0. The fourth-order valence-electron chi connectivity index (χ4n) is 7.67. The standard InChI is InChI=1S/C35H36N4O6/c1-8-18-15(4)29-33-35(45-33)20(9-2)16(5)23(39-35)12-21-14(3)19(10-11-25(40)41)30(36-21)27-28(34(43)44-7)32(42)26-17(6)22(37-31(26)27)13-24(18)38-29/h9,12-14,19,33,37-38,42H,2,8,10-11H2,1,3-7H3,(H,40,41)/b21-12-,22-13-/t14-,19-,33?,35?/m0/s1. The molecule has 4 aliphatic heterocycles. The van der Waals surface area contributed by atoms with Crippen molar-refractivity contribution in [1.29, 1.82) is 0 Å². The van der Waals surface area contributed by atoms with Gasteiger partial charge in [0.15, 0.2) is 6.10 Å². The molecule has 1 fully saturated rings. The van der Waals surface area contributed by atoms with Crippen molar-refractivity contribution in [2.75, 3.05) is 7.11 Å². The van der Waals surface area contributed by atoms with Crippen LogP contribution in [0.2, 0.25) is 0 Å². The number of methoxy groups -OCH3 is 1. The Labute approximate surface area is 260 Å². The van der Waals surface area contributed by atoms with Gasteiger partial charge in [-0.05, 0) is 68.0 Å². The van der Waals surface area contributed by atoms with Gasteiger partial charge in [0, 0.05) is 51.7 Å². The van der Waals surface area contributed by atoms with Gasteiger partial charge < -0.3 is 29.7 Å². The summed E-state index contributed by atoms with van der Waals surface area (Å²) in [6, 6.07) is 0. The molecule has 2 aromatic rings. The third-order valence-electron chi connectivity index (χ3n) is 10.1. The van der Waals surface area contributed by atoms with Gasteiger partial charge in [0.2, 0.25) is 5.72 Å². The first-order valence-corrected chi connectivity index (χ1v) is 15.3. The van der Waals surface area contributed by atoms with E-state index in [9.17, 15) is 19.8 Å². The number of nitrogens with zero attached hydrogens (tertiary/aromatic N) is 2. The quantitative estimate of drug-likeness (QED) is 0.286. The number of ether oxygens (including phenoxy) is 2. The second-order valence-electron chi connectivity index (χ2n) is 12.4. The number of aliphatic hydroxyl groups excluding tert-OH is 1. The number of carboxylic acid groups (broad SMARTS) is 1. The molecule has 7 rings (SSSR count). The lowest BCUT2D eigenvalue weighted by atomic mass is 9.82. The molecule has 5 aliphatic rings. The van der Waals surface area contributed by atoms with Crippen LogP contribution in [-0.2, 0) is 25.5 Å². The number of carbonyl (C=O) groups excluding carboxylic acids is 1. The van der Waals surface area contributed by atoms with Crippen LogP contribution >= 0.6 is 0 Å². The van der Waals surface area contributed by atoms with Gasteiger partial charge in [0.05, 0.1) is 29.6 Å². The maximum absolute atomic E-state index is 13.2. The van der Waals surface area contributed by atoms with Gasteiger partial charge in [-0.1, -0.05) is 26.5 Å². The Morgan fingerprint density at radius 2 is 1.96 bits per heavy atom. The fraction of sp³-hybridized carbons (Fsp3) is 0.371. The molecule has 1 aliphatic carbocycles. The average Bonchev–Trinajstić information content (AvgIpc) is 3.24. The molecule has 10 nitrogen and oxygen atoms in total. The number of esters is 1. The lowest BCUT2D eigenvalue weighted by Crippen LogP contribution is -2.26. The zero-order valence-electron chi connectivity index (χ0n) is 26.2. The number of epoxide rings is 1. The number of aliphatic imine (C=N–C) groups is 2. The molecule has 2 aromatic heterocycles. The lowest BCUT2D eigenvalue weighted by Gasteiger charge is -2.19. The molecule has 0 aromatic carbocycles. The van der Waals surface area contributed by atoms with Crippen molar-refractivity contribution in [3.05, 3.63) is 85.5 Å². The Hall–Kier alpha value is -4.70. The summed E-state index contributed by atoms with van der Waals surface area (Å²) in [5.74, 6) is -2.35. The van der Waals surface area contributed by atoms with E-state index in [4.69, 9.17) is 19.5 Å². The molecule has 6 heterocycles. The van der Waals surface area contributed by atoms with Gasteiger partial charge in [-0.15, -0.1) is 0 Å². The highest BCUT2D eigenvalue weighted by molar-refractivity contribution is 6.35. The predicted octanol–water partition coefficient (Wildman–Crippen LogP) is 4.15. The van der Waals surface area contributed by atoms with Gasteiger partial charge >= 0.3 is 11.9 Å². The molecule has 1 saturated heterocycles. The smallest absolute Gasteiger partial charge is 0.342 e. The summed E-state index contributed by atoms with van der Waals surface area (Å²) in [4.78, 5) is 42.3. The number of H-pyrrole nitrogens is 2. The number of hydrogen-bond acceptors (Lipinski definition) is 7. The predicted molar refractivity (Wildman–Crippen MR) is 170 cm³/mol. The van der Waals surface area contributed by atoms with Crippen molar-refractivity contribution in [3.8, 4) is 0 Å². The Morgan fingerprint density at radius 1 is 1.20 bits per heavy atom. The first-order chi connectivity index (χ1) is 21.5. The average molecular weight is 609 g/mol. The van der Waals surface area contributed by atoms with E-state index in [1.165, 1.54) is 7.11 Å². The number of carbonyl (C=O) groups is 2. The monoisotopic (exact) mass is 608 g/mol. The second kappa shape index (κ2) is 9.90.